The Morgan fingerprint density at radius 1 is 0.929 bits per heavy atom. The highest BCUT2D eigenvalue weighted by Crippen LogP contribution is 2.36. The van der Waals surface area contributed by atoms with Crippen LogP contribution >= 0.6 is 15.9 Å². The van der Waals surface area contributed by atoms with Crippen molar-refractivity contribution in [3.05, 3.63) is 106 Å². The Kier molecular flexibility index (Phi) is 5.13. The summed E-state index contributed by atoms with van der Waals surface area (Å²) in [5.41, 5.74) is 4.28. The predicted octanol–water partition coefficient (Wildman–Crippen LogP) is 5.93. The van der Waals surface area contributed by atoms with E-state index in [2.05, 4.69) is 15.9 Å². The second-order valence-electron chi connectivity index (χ2n) is 6.39. The summed E-state index contributed by atoms with van der Waals surface area (Å²) >= 11 is 3.50. The number of carbonyl (C=O) groups is 1. The lowest BCUT2D eigenvalue weighted by molar-refractivity contribution is -0.113. The van der Waals surface area contributed by atoms with Crippen LogP contribution in [-0.4, -0.2) is 13.0 Å². The van der Waals surface area contributed by atoms with Crippen LogP contribution in [0.5, 0.6) is 5.75 Å². The normalized spacial score (nSPS) is 15.1. The van der Waals surface area contributed by atoms with Gasteiger partial charge in [-0.25, -0.2) is 0 Å². The largest absolute Gasteiger partial charge is 0.497 e. The van der Waals surface area contributed by atoms with E-state index in [1.54, 1.807) is 12.0 Å². The standard InChI is InChI=1S/C24H18BrNO2/c1-28-22-12-10-17(11-13-22)14-19-15-23(18-6-3-2-4-7-18)26(24(19)27)21-9-5-8-20(25)16-21/h2-16H,1H3/b19-14+. The second kappa shape index (κ2) is 7.87. The van der Waals surface area contributed by atoms with Crippen LogP contribution in [0.3, 0.4) is 0 Å². The summed E-state index contributed by atoms with van der Waals surface area (Å²) in [5, 5.41) is 0. The molecule has 0 bridgehead atoms. The molecule has 28 heavy (non-hydrogen) atoms. The Bertz CT molecular complexity index is 1070. The van der Waals surface area contributed by atoms with Gasteiger partial charge < -0.3 is 4.74 Å². The molecule has 1 heterocycles. The molecule has 1 aliphatic rings. The maximum absolute atomic E-state index is 13.3. The molecule has 0 saturated heterocycles. The minimum absolute atomic E-state index is 0.0484. The number of anilines is 1. The molecular formula is C24H18BrNO2. The van der Waals surface area contributed by atoms with Gasteiger partial charge in [-0.05, 0) is 53.6 Å². The molecule has 3 nitrogen and oxygen atoms in total. The molecule has 0 spiro atoms. The van der Waals surface area contributed by atoms with E-state index in [4.69, 9.17) is 4.74 Å². The van der Waals surface area contributed by atoms with Crippen molar-refractivity contribution in [2.24, 2.45) is 0 Å². The number of rotatable bonds is 4. The molecule has 0 unspecified atom stereocenters. The SMILES string of the molecule is COc1ccc(/C=C2\C=C(c3ccccc3)N(c3cccc(Br)c3)C2=O)cc1. The first-order chi connectivity index (χ1) is 13.7. The predicted molar refractivity (Wildman–Crippen MR) is 117 cm³/mol. The van der Waals surface area contributed by atoms with Gasteiger partial charge in [0.1, 0.15) is 5.75 Å². The molecule has 3 aromatic rings. The fraction of sp³-hybridized carbons (Fsp3) is 0.0417. The molecule has 4 heteroatoms. The maximum atomic E-state index is 13.3. The average Bonchev–Trinajstić information content (AvgIpc) is 3.05. The molecule has 0 fully saturated rings. The number of benzene rings is 3. The van der Waals surface area contributed by atoms with Crippen LogP contribution in [0.1, 0.15) is 11.1 Å². The van der Waals surface area contributed by atoms with E-state index in [-0.39, 0.29) is 5.91 Å². The third-order valence-electron chi connectivity index (χ3n) is 4.56. The molecule has 0 atom stereocenters. The first-order valence-electron chi connectivity index (χ1n) is 8.88. The Morgan fingerprint density at radius 3 is 2.36 bits per heavy atom. The molecule has 0 aliphatic carbocycles. The van der Waals surface area contributed by atoms with Gasteiger partial charge in [0.2, 0.25) is 0 Å². The van der Waals surface area contributed by atoms with Gasteiger partial charge in [-0.1, -0.05) is 64.5 Å². The Balaban J connectivity index is 1.79. The molecule has 0 saturated carbocycles. The van der Waals surface area contributed by atoms with Crippen molar-refractivity contribution >= 4 is 39.3 Å². The van der Waals surface area contributed by atoms with Crippen molar-refractivity contribution in [1.29, 1.82) is 0 Å². The molecule has 1 amide bonds. The van der Waals surface area contributed by atoms with E-state index in [1.807, 2.05) is 91.0 Å². The van der Waals surface area contributed by atoms with Crippen molar-refractivity contribution in [3.63, 3.8) is 0 Å². The summed E-state index contributed by atoms with van der Waals surface area (Å²) < 4.78 is 6.14. The number of hydrogen-bond acceptors (Lipinski definition) is 2. The molecule has 0 radical (unpaired) electrons. The van der Waals surface area contributed by atoms with Gasteiger partial charge >= 0.3 is 0 Å². The van der Waals surface area contributed by atoms with Crippen LogP contribution < -0.4 is 9.64 Å². The van der Waals surface area contributed by atoms with Gasteiger partial charge in [0.25, 0.3) is 5.91 Å². The van der Waals surface area contributed by atoms with E-state index in [0.717, 1.165) is 32.7 Å². The summed E-state index contributed by atoms with van der Waals surface area (Å²) in [4.78, 5) is 15.1. The van der Waals surface area contributed by atoms with Gasteiger partial charge in [0, 0.05) is 10.0 Å². The van der Waals surface area contributed by atoms with Crippen molar-refractivity contribution < 1.29 is 9.53 Å². The monoisotopic (exact) mass is 431 g/mol. The Labute approximate surface area is 172 Å². The highest BCUT2D eigenvalue weighted by atomic mass is 79.9. The highest BCUT2D eigenvalue weighted by Gasteiger charge is 2.30. The molecule has 4 rings (SSSR count). The zero-order chi connectivity index (χ0) is 19.5. The number of amides is 1. The summed E-state index contributed by atoms with van der Waals surface area (Å²) in [6.45, 7) is 0. The van der Waals surface area contributed by atoms with Crippen molar-refractivity contribution in [2.45, 2.75) is 0 Å². The fourth-order valence-corrected chi connectivity index (χ4v) is 3.58. The van der Waals surface area contributed by atoms with Crippen LogP contribution in [0.2, 0.25) is 0 Å². The first kappa shape index (κ1) is 18.3. The molecule has 0 aromatic heterocycles. The van der Waals surface area contributed by atoms with Crippen LogP contribution in [0.25, 0.3) is 11.8 Å². The minimum Gasteiger partial charge on any atom is -0.497 e. The van der Waals surface area contributed by atoms with Gasteiger partial charge in [-0.3, -0.25) is 9.69 Å². The van der Waals surface area contributed by atoms with Crippen LogP contribution in [0, 0.1) is 0 Å². The lowest BCUT2D eigenvalue weighted by Crippen LogP contribution is -2.24. The molecule has 0 N–H and O–H groups in total. The zero-order valence-electron chi connectivity index (χ0n) is 15.3. The van der Waals surface area contributed by atoms with Crippen molar-refractivity contribution in [3.8, 4) is 5.75 Å². The summed E-state index contributed by atoms with van der Waals surface area (Å²) in [7, 11) is 1.64. The van der Waals surface area contributed by atoms with Gasteiger partial charge in [0.05, 0.1) is 18.5 Å². The lowest BCUT2D eigenvalue weighted by atomic mass is 10.1. The van der Waals surface area contributed by atoms with E-state index in [0.29, 0.717) is 5.57 Å². The maximum Gasteiger partial charge on any atom is 0.262 e. The van der Waals surface area contributed by atoms with E-state index in [1.165, 1.54) is 0 Å². The summed E-state index contributed by atoms with van der Waals surface area (Å²) in [5.74, 6) is 0.740. The Morgan fingerprint density at radius 2 is 1.68 bits per heavy atom. The van der Waals surface area contributed by atoms with Crippen molar-refractivity contribution in [1.82, 2.24) is 0 Å². The highest BCUT2D eigenvalue weighted by molar-refractivity contribution is 9.10. The summed E-state index contributed by atoms with van der Waals surface area (Å²) in [6.07, 6.45) is 3.85. The quantitative estimate of drug-likeness (QED) is 0.479. The second-order valence-corrected chi connectivity index (χ2v) is 7.30. The van der Waals surface area contributed by atoms with Gasteiger partial charge in [-0.15, -0.1) is 0 Å². The number of halogens is 1. The zero-order valence-corrected chi connectivity index (χ0v) is 16.9. The smallest absolute Gasteiger partial charge is 0.262 e. The van der Waals surface area contributed by atoms with Crippen molar-refractivity contribution in [2.75, 3.05) is 12.0 Å². The topological polar surface area (TPSA) is 29.5 Å². The van der Waals surface area contributed by atoms with Gasteiger partial charge in [-0.2, -0.15) is 0 Å². The Hall–Kier alpha value is -3.11. The molecule has 138 valence electrons. The molecule has 3 aromatic carbocycles. The van der Waals surface area contributed by atoms with Crippen LogP contribution in [0.4, 0.5) is 5.69 Å². The number of ether oxygens (including phenoxy) is 1. The van der Waals surface area contributed by atoms with E-state index >= 15 is 0 Å². The molecule has 1 aliphatic heterocycles. The third kappa shape index (κ3) is 3.64. The average molecular weight is 432 g/mol. The minimum atomic E-state index is -0.0484. The van der Waals surface area contributed by atoms with Crippen LogP contribution in [-0.2, 0) is 4.79 Å². The fourth-order valence-electron chi connectivity index (χ4n) is 3.19. The third-order valence-corrected chi connectivity index (χ3v) is 5.05. The lowest BCUT2D eigenvalue weighted by Gasteiger charge is -2.21. The first-order valence-corrected chi connectivity index (χ1v) is 9.68. The van der Waals surface area contributed by atoms with Crippen LogP contribution in [0.15, 0.2) is 95.0 Å². The number of methoxy groups -OCH3 is 1. The van der Waals surface area contributed by atoms with E-state index < -0.39 is 0 Å². The van der Waals surface area contributed by atoms with Gasteiger partial charge in [0.15, 0.2) is 0 Å². The summed E-state index contributed by atoms with van der Waals surface area (Å²) in [6, 6.07) is 25.4. The number of nitrogens with zero attached hydrogens (tertiary/aromatic N) is 1. The van der Waals surface area contributed by atoms with E-state index in [9.17, 15) is 4.79 Å². The number of carbonyl (C=O) groups excluding carboxylic acids is 1. The molecular weight excluding hydrogens is 414 g/mol. The number of hydrogen-bond donors (Lipinski definition) is 0.